The number of nitrogens with two attached hydrogens (primary N) is 2. The summed E-state index contributed by atoms with van der Waals surface area (Å²) in [5, 5.41) is 10.5. The maximum absolute atomic E-state index is 13.4. The molecule has 0 heterocycles. The van der Waals surface area contributed by atoms with E-state index in [1.807, 2.05) is 6.92 Å². The van der Waals surface area contributed by atoms with Gasteiger partial charge in [0.15, 0.2) is 9.84 Å². The van der Waals surface area contributed by atoms with Crippen LogP contribution in [0.4, 0.5) is 8.78 Å². The highest BCUT2D eigenvalue weighted by molar-refractivity contribution is 7.91. The Kier molecular flexibility index (Phi) is 8.72. The molecular weight excluding hydrogens is 416 g/mol. The van der Waals surface area contributed by atoms with E-state index in [0.29, 0.717) is 12.0 Å². The first-order valence-electron chi connectivity index (χ1n) is 10.2. The number of amides is 1. The van der Waals surface area contributed by atoms with Crippen LogP contribution in [0.15, 0.2) is 18.2 Å². The number of nitrogens with zero attached hydrogens (tertiary/aromatic N) is 1. The van der Waals surface area contributed by atoms with Gasteiger partial charge in [0.2, 0.25) is 5.91 Å². The van der Waals surface area contributed by atoms with Crippen LogP contribution < -0.4 is 11.5 Å². The summed E-state index contributed by atoms with van der Waals surface area (Å²) in [6.07, 6.45) is 1.54. The number of aliphatic hydroxyl groups is 1. The molecule has 1 saturated carbocycles. The lowest BCUT2D eigenvalue weighted by atomic mass is 10.0. The summed E-state index contributed by atoms with van der Waals surface area (Å²) in [5.74, 6) is -2.49. The van der Waals surface area contributed by atoms with E-state index < -0.39 is 51.3 Å². The Balaban J connectivity index is 1.99. The molecule has 0 unspecified atom stereocenters. The standard InChI is InChI=1S/C20H31F2N3O4S/c1-2-3-6-30(28,29)12-18(24)20(27)25(16-4-5-16)11-19(26)17(23)9-13-7-14(21)10-15(22)8-13/h7-8,10,16-19,26H,2-6,9,11-12,23-24H2,1H3/t17-,18-,19+/m0/s1. The van der Waals surface area contributed by atoms with Crippen LogP contribution in [-0.4, -0.2) is 66.6 Å². The fourth-order valence-corrected chi connectivity index (χ4v) is 4.87. The monoisotopic (exact) mass is 447 g/mol. The molecule has 5 N–H and O–H groups in total. The molecular formula is C20H31F2N3O4S. The lowest BCUT2D eigenvalue weighted by Gasteiger charge is -2.30. The van der Waals surface area contributed by atoms with Crippen molar-refractivity contribution in [3.8, 4) is 0 Å². The summed E-state index contributed by atoms with van der Waals surface area (Å²) in [6, 6.07) is 0.815. The van der Waals surface area contributed by atoms with Gasteiger partial charge in [-0.1, -0.05) is 13.3 Å². The number of rotatable bonds is 12. The van der Waals surface area contributed by atoms with E-state index in [4.69, 9.17) is 11.5 Å². The van der Waals surface area contributed by atoms with Gasteiger partial charge in [-0.25, -0.2) is 17.2 Å². The third-order valence-electron chi connectivity index (χ3n) is 5.10. The smallest absolute Gasteiger partial charge is 0.240 e. The quantitative estimate of drug-likeness (QED) is 0.434. The van der Waals surface area contributed by atoms with Crippen LogP contribution in [0.3, 0.4) is 0 Å². The largest absolute Gasteiger partial charge is 0.390 e. The number of carbonyl (C=O) groups is 1. The molecule has 1 aliphatic carbocycles. The van der Waals surface area contributed by atoms with Crippen LogP contribution in [0.2, 0.25) is 0 Å². The van der Waals surface area contributed by atoms with Gasteiger partial charge >= 0.3 is 0 Å². The molecule has 1 aromatic rings. The molecule has 2 rings (SSSR count). The van der Waals surface area contributed by atoms with E-state index in [2.05, 4.69) is 0 Å². The van der Waals surface area contributed by atoms with Gasteiger partial charge in [0.25, 0.3) is 0 Å². The van der Waals surface area contributed by atoms with Crippen molar-refractivity contribution in [3.05, 3.63) is 35.4 Å². The van der Waals surface area contributed by atoms with Gasteiger partial charge in [0.1, 0.15) is 11.6 Å². The number of hydrogen-bond donors (Lipinski definition) is 3. The molecule has 7 nitrogen and oxygen atoms in total. The molecule has 30 heavy (non-hydrogen) atoms. The van der Waals surface area contributed by atoms with Gasteiger partial charge in [-0.05, 0) is 43.4 Å². The van der Waals surface area contributed by atoms with Crippen molar-refractivity contribution in [3.63, 3.8) is 0 Å². The van der Waals surface area contributed by atoms with Crippen molar-refractivity contribution in [1.29, 1.82) is 0 Å². The number of hydrogen-bond acceptors (Lipinski definition) is 6. The van der Waals surface area contributed by atoms with E-state index in [9.17, 15) is 27.1 Å². The number of halogens is 2. The van der Waals surface area contributed by atoms with Crippen LogP contribution in [0.5, 0.6) is 0 Å². The number of unbranched alkanes of at least 4 members (excludes halogenated alkanes) is 1. The topological polar surface area (TPSA) is 127 Å². The lowest BCUT2D eigenvalue weighted by Crippen LogP contribution is -2.53. The van der Waals surface area contributed by atoms with Crippen molar-refractivity contribution in [2.24, 2.45) is 11.5 Å². The van der Waals surface area contributed by atoms with Crippen LogP contribution >= 0.6 is 0 Å². The molecule has 0 radical (unpaired) electrons. The zero-order valence-corrected chi connectivity index (χ0v) is 18.0. The van der Waals surface area contributed by atoms with Crippen molar-refractivity contribution in [2.75, 3.05) is 18.1 Å². The molecule has 1 amide bonds. The molecule has 0 aromatic heterocycles. The Hall–Kier alpha value is -1.62. The van der Waals surface area contributed by atoms with E-state index in [1.54, 1.807) is 0 Å². The first kappa shape index (κ1) is 24.6. The summed E-state index contributed by atoms with van der Waals surface area (Å²) in [6.45, 7) is 1.75. The molecule has 0 bridgehead atoms. The number of carbonyl (C=O) groups excluding carboxylic acids is 1. The minimum absolute atomic E-state index is 0.0139. The van der Waals surface area contributed by atoms with Crippen LogP contribution in [0.1, 0.15) is 38.2 Å². The first-order valence-corrected chi connectivity index (χ1v) is 12.0. The van der Waals surface area contributed by atoms with Gasteiger partial charge in [0, 0.05) is 24.7 Å². The SMILES string of the molecule is CCCCS(=O)(=O)C[C@H](N)C(=O)N(C[C@@H](O)[C@@H](N)Cc1cc(F)cc(F)c1)C1CC1. The van der Waals surface area contributed by atoms with Gasteiger partial charge in [-0.3, -0.25) is 4.79 Å². The number of aliphatic hydroxyl groups excluding tert-OH is 1. The molecule has 0 spiro atoms. The van der Waals surface area contributed by atoms with Gasteiger partial charge in [-0.15, -0.1) is 0 Å². The normalized spacial score (nSPS) is 17.4. The Morgan fingerprint density at radius 2 is 1.83 bits per heavy atom. The highest BCUT2D eigenvalue weighted by atomic mass is 32.2. The van der Waals surface area contributed by atoms with E-state index in [1.165, 1.54) is 4.90 Å². The van der Waals surface area contributed by atoms with E-state index in [-0.39, 0.29) is 24.8 Å². The summed E-state index contributed by atoms with van der Waals surface area (Å²) >= 11 is 0. The van der Waals surface area contributed by atoms with Crippen molar-refractivity contribution >= 4 is 15.7 Å². The van der Waals surface area contributed by atoms with Gasteiger partial charge in [0.05, 0.1) is 23.7 Å². The summed E-state index contributed by atoms with van der Waals surface area (Å²) in [4.78, 5) is 14.2. The maximum atomic E-state index is 13.4. The minimum atomic E-state index is -3.45. The molecule has 1 fully saturated rings. The number of sulfone groups is 1. The van der Waals surface area contributed by atoms with E-state index in [0.717, 1.165) is 37.5 Å². The molecule has 10 heteroatoms. The average molecular weight is 448 g/mol. The van der Waals surface area contributed by atoms with Crippen LogP contribution in [0.25, 0.3) is 0 Å². The van der Waals surface area contributed by atoms with Crippen molar-refractivity contribution in [1.82, 2.24) is 4.90 Å². The predicted molar refractivity (Wildman–Crippen MR) is 110 cm³/mol. The highest BCUT2D eigenvalue weighted by Gasteiger charge is 2.37. The Bertz CT molecular complexity index is 813. The highest BCUT2D eigenvalue weighted by Crippen LogP contribution is 2.28. The Morgan fingerprint density at radius 3 is 2.37 bits per heavy atom. The molecule has 3 atom stereocenters. The second kappa shape index (κ2) is 10.6. The lowest BCUT2D eigenvalue weighted by molar-refractivity contribution is -0.134. The zero-order valence-electron chi connectivity index (χ0n) is 17.1. The van der Waals surface area contributed by atoms with Crippen LogP contribution in [-0.2, 0) is 21.1 Å². The first-order chi connectivity index (χ1) is 14.0. The summed E-state index contributed by atoms with van der Waals surface area (Å²) < 4.78 is 50.9. The summed E-state index contributed by atoms with van der Waals surface area (Å²) in [7, 11) is -3.45. The predicted octanol–water partition coefficient (Wildman–Crippen LogP) is 0.729. The summed E-state index contributed by atoms with van der Waals surface area (Å²) in [5.41, 5.74) is 12.2. The molecule has 170 valence electrons. The fourth-order valence-electron chi connectivity index (χ4n) is 3.28. The maximum Gasteiger partial charge on any atom is 0.240 e. The molecule has 1 aliphatic rings. The van der Waals surface area contributed by atoms with Crippen molar-refractivity contribution in [2.45, 2.75) is 63.3 Å². The molecule has 0 saturated heterocycles. The third-order valence-corrected chi connectivity index (χ3v) is 6.88. The number of benzene rings is 1. The van der Waals surface area contributed by atoms with Gasteiger partial charge < -0.3 is 21.5 Å². The van der Waals surface area contributed by atoms with Crippen LogP contribution in [0, 0.1) is 11.6 Å². The van der Waals surface area contributed by atoms with E-state index >= 15 is 0 Å². The minimum Gasteiger partial charge on any atom is -0.390 e. The van der Waals surface area contributed by atoms with Crippen molar-refractivity contribution < 1.29 is 27.1 Å². The van der Waals surface area contributed by atoms with Gasteiger partial charge in [-0.2, -0.15) is 0 Å². The third kappa shape index (κ3) is 7.57. The average Bonchev–Trinajstić information content (AvgIpc) is 3.47. The molecule has 1 aromatic carbocycles. The zero-order chi connectivity index (χ0) is 22.5. The molecule has 0 aliphatic heterocycles. The Labute approximate surface area is 176 Å². The fraction of sp³-hybridized carbons (Fsp3) is 0.650. The second-order valence-corrected chi connectivity index (χ2v) is 10.2. The Morgan fingerprint density at radius 1 is 1.23 bits per heavy atom. The second-order valence-electron chi connectivity index (χ2n) is 8.01.